The molecular formula is C24H47N9O2S. The molecule has 0 spiro atoms. The summed E-state index contributed by atoms with van der Waals surface area (Å²) in [4.78, 5) is 28.8. The van der Waals surface area contributed by atoms with Crippen LogP contribution < -0.4 is 42.5 Å². The molecular weight excluding hydrogens is 478 g/mol. The number of amides is 2. The van der Waals surface area contributed by atoms with Crippen molar-refractivity contribution in [2.45, 2.75) is 38.1 Å². The lowest BCUT2D eigenvalue weighted by Gasteiger charge is -2.37. The molecule has 3 heterocycles. The first-order valence-electron chi connectivity index (χ1n) is 13.3. The van der Waals surface area contributed by atoms with E-state index in [1.54, 1.807) is 0 Å². The van der Waals surface area contributed by atoms with Gasteiger partial charge in [0.25, 0.3) is 0 Å². The second-order valence-corrected chi connectivity index (χ2v) is 10.4. The van der Waals surface area contributed by atoms with Gasteiger partial charge in [0.05, 0.1) is 17.2 Å². The molecule has 0 radical (unpaired) electrons. The van der Waals surface area contributed by atoms with Gasteiger partial charge in [-0.05, 0) is 25.1 Å². The SMILES string of the molecule is CC12CNCCNCC(NC(=O)CCCC(=O)NCCCN=C=S)(CNCCNC1)CNCCNC2. The number of thiocarbonyl (C=S) groups is 1. The smallest absolute Gasteiger partial charge is 0.220 e. The van der Waals surface area contributed by atoms with Crippen molar-refractivity contribution in [3.8, 4) is 0 Å². The van der Waals surface area contributed by atoms with Gasteiger partial charge in [-0.1, -0.05) is 6.92 Å². The van der Waals surface area contributed by atoms with Crippen molar-refractivity contribution in [1.82, 2.24) is 42.5 Å². The fourth-order valence-corrected chi connectivity index (χ4v) is 4.57. The van der Waals surface area contributed by atoms with E-state index in [0.717, 1.165) is 65.3 Å². The normalized spacial score (nSPS) is 26.7. The molecule has 0 unspecified atom stereocenters. The summed E-state index contributed by atoms with van der Waals surface area (Å²) in [5, 5.41) is 29.9. The van der Waals surface area contributed by atoms with Crippen molar-refractivity contribution >= 4 is 29.2 Å². The molecule has 0 aromatic heterocycles. The van der Waals surface area contributed by atoms with Crippen LogP contribution >= 0.6 is 12.2 Å². The van der Waals surface area contributed by atoms with Crippen LogP contribution in [0.2, 0.25) is 0 Å². The Kier molecular flexibility index (Phi) is 15.2. The number of fused-ring (bicyclic) bond motifs is 15. The number of isothiocyanates is 1. The minimum atomic E-state index is -0.468. The van der Waals surface area contributed by atoms with Crippen LogP contribution in [0, 0.1) is 5.41 Å². The third kappa shape index (κ3) is 13.2. The third-order valence-electron chi connectivity index (χ3n) is 6.53. The average molecular weight is 526 g/mol. The lowest BCUT2D eigenvalue weighted by Crippen LogP contribution is -2.66. The van der Waals surface area contributed by atoms with Crippen molar-refractivity contribution in [1.29, 1.82) is 0 Å². The first-order valence-corrected chi connectivity index (χ1v) is 13.7. The van der Waals surface area contributed by atoms with Crippen LogP contribution in [0.15, 0.2) is 4.99 Å². The first-order chi connectivity index (χ1) is 17.5. The number of nitrogens with one attached hydrogen (secondary N) is 8. The Bertz CT molecular complexity index is 660. The topological polar surface area (TPSA) is 143 Å². The van der Waals surface area contributed by atoms with Gasteiger partial charge in [-0.3, -0.25) is 9.59 Å². The minimum Gasteiger partial charge on any atom is -0.356 e. The molecule has 3 saturated heterocycles. The summed E-state index contributed by atoms with van der Waals surface area (Å²) in [7, 11) is 0. The van der Waals surface area contributed by atoms with Crippen LogP contribution in [0.5, 0.6) is 0 Å². The second-order valence-electron chi connectivity index (χ2n) is 10.2. The van der Waals surface area contributed by atoms with Crippen LogP contribution in [0.3, 0.4) is 0 Å². The molecule has 3 rings (SSSR count). The maximum Gasteiger partial charge on any atom is 0.220 e. The first kappa shape index (κ1) is 30.7. The summed E-state index contributed by atoms with van der Waals surface area (Å²) in [5.41, 5.74) is -0.328. The molecule has 3 aliphatic heterocycles. The molecule has 3 aliphatic rings. The molecule has 36 heavy (non-hydrogen) atoms. The molecule has 0 aromatic rings. The van der Waals surface area contributed by atoms with Gasteiger partial charge < -0.3 is 42.5 Å². The molecule has 2 amide bonds. The van der Waals surface area contributed by atoms with E-state index < -0.39 is 5.54 Å². The van der Waals surface area contributed by atoms with Gasteiger partial charge in [0, 0.05) is 103 Å². The van der Waals surface area contributed by atoms with E-state index in [1.807, 2.05) is 0 Å². The van der Waals surface area contributed by atoms with E-state index in [1.165, 1.54) is 0 Å². The van der Waals surface area contributed by atoms with Gasteiger partial charge in [0.15, 0.2) is 0 Å². The van der Waals surface area contributed by atoms with Crippen molar-refractivity contribution in [3.05, 3.63) is 0 Å². The molecule has 3 fully saturated rings. The van der Waals surface area contributed by atoms with Gasteiger partial charge >= 0.3 is 0 Å². The highest BCUT2D eigenvalue weighted by atomic mass is 32.1. The number of aliphatic imine (C=N–C) groups is 1. The van der Waals surface area contributed by atoms with E-state index >= 15 is 0 Å². The number of rotatable bonds is 9. The van der Waals surface area contributed by atoms with Crippen LogP contribution in [0.25, 0.3) is 0 Å². The maximum absolute atomic E-state index is 12.9. The Balaban J connectivity index is 1.91. The Morgan fingerprint density at radius 1 is 0.778 bits per heavy atom. The lowest BCUT2D eigenvalue weighted by molar-refractivity contribution is -0.123. The fourth-order valence-electron chi connectivity index (χ4n) is 4.48. The maximum atomic E-state index is 12.9. The molecule has 0 aliphatic carbocycles. The van der Waals surface area contributed by atoms with Crippen LogP contribution in [-0.2, 0) is 9.59 Å². The van der Waals surface area contributed by atoms with Crippen molar-refractivity contribution < 1.29 is 9.59 Å². The van der Waals surface area contributed by atoms with E-state index in [0.29, 0.717) is 52.0 Å². The summed E-state index contributed by atoms with van der Waals surface area (Å²) < 4.78 is 0. The van der Waals surface area contributed by atoms with E-state index in [-0.39, 0.29) is 17.2 Å². The highest BCUT2D eigenvalue weighted by molar-refractivity contribution is 7.78. The highest BCUT2D eigenvalue weighted by Gasteiger charge is 2.32. The summed E-state index contributed by atoms with van der Waals surface area (Å²) in [6.07, 6.45) is 1.88. The molecule has 0 aromatic carbocycles. The predicted octanol–water partition coefficient (Wildman–Crippen LogP) is -1.81. The molecule has 2 bridgehead atoms. The monoisotopic (exact) mass is 525 g/mol. The lowest BCUT2D eigenvalue weighted by atomic mass is 9.90. The molecule has 206 valence electrons. The van der Waals surface area contributed by atoms with Gasteiger partial charge in [-0.15, -0.1) is 0 Å². The molecule has 0 saturated carbocycles. The molecule has 8 N–H and O–H groups in total. The largest absolute Gasteiger partial charge is 0.356 e. The summed E-state index contributed by atoms with van der Waals surface area (Å²) in [6.45, 7) is 13.3. The summed E-state index contributed by atoms with van der Waals surface area (Å²) in [6, 6.07) is 0. The Morgan fingerprint density at radius 3 is 1.75 bits per heavy atom. The number of carbonyl (C=O) groups is 2. The van der Waals surface area contributed by atoms with Gasteiger partial charge in [-0.2, -0.15) is 0 Å². The zero-order chi connectivity index (χ0) is 26.0. The van der Waals surface area contributed by atoms with Crippen molar-refractivity contribution in [2.24, 2.45) is 10.4 Å². The van der Waals surface area contributed by atoms with E-state index in [2.05, 4.69) is 71.8 Å². The fraction of sp³-hybridized carbons (Fsp3) is 0.875. The zero-order valence-electron chi connectivity index (χ0n) is 21.9. The number of nitrogens with zero attached hydrogens (tertiary/aromatic N) is 1. The Hall–Kier alpha value is -1.50. The predicted molar refractivity (Wildman–Crippen MR) is 148 cm³/mol. The average Bonchev–Trinajstić information content (AvgIpc) is 2.85. The highest BCUT2D eigenvalue weighted by Crippen LogP contribution is 2.12. The zero-order valence-corrected chi connectivity index (χ0v) is 22.7. The van der Waals surface area contributed by atoms with E-state index in [4.69, 9.17) is 0 Å². The minimum absolute atomic E-state index is 0.0316. The molecule has 12 heteroatoms. The van der Waals surface area contributed by atoms with Crippen molar-refractivity contribution in [3.63, 3.8) is 0 Å². The summed E-state index contributed by atoms with van der Waals surface area (Å²) in [5.74, 6) is -0.0761. The van der Waals surface area contributed by atoms with Crippen LogP contribution in [0.4, 0.5) is 0 Å². The Morgan fingerprint density at radius 2 is 1.25 bits per heavy atom. The molecule has 11 nitrogen and oxygen atoms in total. The van der Waals surface area contributed by atoms with Crippen LogP contribution in [0.1, 0.15) is 32.6 Å². The number of carbonyl (C=O) groups excluding carboxylic acids is 2. The second kappa shape index (κ2) is 17.9. The summed E-state index contributed by atoms with van der Waals surface area (Å²) >= 11 is 4.53. The number of hydrogen-bond acceptors (Lipinski definition) is 10. The van der Waals surface area contributed by atoms with Gasteiger partial charge in [0.2, 0.25) is 11.8 Å². The van der Waals surface area contributed by atoms with Crippen molar-refractivity contribution in [2.75, 3.05) is 91.6 Å². The van der Waals surface area contributed by atoms with Gasteiger partial charge in [0.1, 0.15) is 0 Å². The third-order valence-corrected chi connectivity index (χ3v) is 6.66. The Labute approximate surface area is 221 Å². The van der Waals surface area contributed by atoms with Gasteiger partial charge in [-0.25, -0.2) is 4.99 Å². The quantitative estimate of drug-likeness (QED) is 0.0993. The number of hydrogen-bond donors (Lipinski definition) is 8. The molecule has 0 atom stereocenters. The van der Waals surface area contributed by atoms with E-state index in [9.17, 15) is 9.59 Å². The standard InChI is InChI=1S/C24H47N9O2S/c1-23-14-25-8-11-28-17-24(18-29-12-9-26-15-23,19-30-13-10-27-16-23)33-22(35)5-2-4-21(34)32-7-3-6-31-20-36/h25-30H,2-19H2,1H3,(H,32,34)(H,33,35). The van der Waals surface area contributed by atoms with Crippen LogP contribution in [-0.4, -0.2) is 114 Å².